The number of hydrogen-bond acceptors (Lipinski definition) is 6. The Morgan fingerprint density at radius 2 is 1.74 bits per heavy atom. The van der Waals surface area contributed by atoms with Gasteiger partial charge in [0.05, 0.1) is 24.3 Å². The van der Waals surface area contributed by atoms with E-state index in [2.05, 4.69) is 10.1 Å². The Balaban J connectivity index is 1.22. The van der Waals surface area contributed by atoms with Crippen LogP contribution in [0, 0.1) is 6.92 Å². The summed E-state index contributed by atoms with van der Waals surface area (Å²) >= 11 is 0. The molecule has 34 heavy (non-hydrogen) atoms. The van der Waals surface area contributed by atoms with Gasteiger partial charge < -0.3 is 0 Å². The lowest BCUT2D eigenvalue weighted by Crippen LogP contribution is -2.51. The van der Waals surface area contributed by atoms with Crippen LogP contribution in [0.2, 0.25) is 0 Å². The molecule has 0 bridgehead atoms. The lowest BCUT2D eigenvalue weighted by Gasteiger charge is -2.34. The maximum absolute atomic E-state index is 13.4. The van der Waals surface area contributed by atoms with Gasteiger partial charge in [-0.2, -0.15) is 9.41 Å². The van der Waals surface area contributed by atoms with E-state index >= 15 is 0 Å². The molecule has 1 amide bonds. The summed E-state index contributed by atoms with van der Waals surface area (Å²) in [4.78, 5) is 19.4. The van der Waals surface area contributed by atoms with Crippen molar-refractivity contribution in [2.75, 3.05) is 39.3 Å². The molecule has 5 rings (SSSR count). The van der Waals surface area contributed by atoms with E-state index in [1.807, 2.05) is 54.3 Å². The van der Waals surface area contributed by atoms with Crippen LogP contribution in [0.3, 0.4) is 0 Å². The minimum atomic E-state index is -3.68. The Morgan fingerprint density at radius 1 is 0.971 bits per heavy atom. The predicted octanol–water partition coefficient (Wildman–Crippen LogP) is 2.49. The van der Waals surface area contributed by atoms with Crippen molar-refractivity contribution in [2.45, 2.75) is 18.2 Å². The largest absolute Gasteiger partial charge is 0.292 e. The fraction of sp³-hybridized carbons (Fsp3) is 0.320. The molecule has 9 heteroatoms. The fourth-order valence-corrected chi connectivity index (χ4v) is 6.05. The van der Waals surface area contributed by atoms with E-state index in [0.717, 1.165) is 28.6 Å². The third-order valence-corrected chi connectivity index (χ3v) is 8.25. The smallest absolute Gasteiger partial charge is 0.256 e. The molecule has 0 aliphatic carbocycles. The van der Waals surface area contributed by atoms with Crippen LogP contribution in [0.4, 0.5) is 0 Å². The molecule has 3 aromatic rings. The van der Waals surface area contributed by atoms with Crippen LogP contribution in [0.1, 0.15) is 17.5 Å². The molecule has 176 valence electrons. The van der Waals surface area contributed by atoms with Gasteiger partial charge in [-0.25, -0.2) is 13.4 Å². The van der Waals surface area contributed by atoms with Crippen LogP contribution in [0.15, 0.2) is 70.8 Å². The highest BCUT2D eigenvalue weighted by Gasteiger charge is 2.31. The number of pyridine rings is 1. The van der Waals surface area contributed by atoms with Gasteiger partial charge >= 0.3 is 0 Å². The Hall–Kier alpha value is -3.14. The highest BCUT2D eigenvalue weighted by atomic mass is 32.2. The summed E-state index contributed by atoms with van der Waals surface area (Å²) in [6.07, 6.45) is 2.43. The lowest BCUT2D eigenvalue weighted by atomic mass is 10.1. The van der Waals surface area contributed by atoms with E-state index < -0.39 is 10.0 Å². The second-order valence-corrected chi connectivity index (χ2v) is 10.6. The Morgan fingerprint density at radius 3 is 2.50 bits per heavy atom. The first-order chi connectivity index (χ1) is 16.4. The van der Waals surface area contributed by atoms with E-state index in [-0.39, 0.29) is 17.3 Å². The highest BCUT2D eigenvalue weighted by Crippen LogP contribution is 2.25. The molecule has 0 saturated carbocycles. The molecule has 1 fully saturated rings. The second-order valence-electron chi connectivity index (χ2n) is 8.70. The predicted molar refractivity (Wildman–Crippen MR) is 131 cm³/mol. The Kier molecular flexibility index (Phi) is 6.16. The van der Waals surface area contributed by atoms with Crippen LogP contribution >= 0.6 is 0 Å². The molecular formula is C25H27N5O3S. The number of nitrogens with zero attached hydrogens (tertiary/aromatic N) is 5. The molecular weight excluding hydrogens is 450 g/mol. The van der Waals surface area contributed by atoms with Gasteiger partial charge in [0.1, 0.15) is 4.90 Å². The summed E-state index contributed by atoms with van der Waals surface area (Å²) in [7, 11) is -3.68. The summed E-state index contributed by atoms with van der Waals surface area (Å²) in [5.74, 6) is -0.0594. The first-order valence-electron chi connectivity index (χ1n) is 11.4. The zero-order valence-electron chi connectivity index (χ0n) is 19.1. The average Bonchev–Trinajstić information content (AvgIpc) is 3.35. The number of benzene rings is 2. The zero-order valence-corrected chi connectivity index (χ0v) is 19.9. The van der Waals surface area contributed by atoms with Gasteiger partial charge in [0.25, 0.3) is 5.91 Å². The summed E-state index contributed by atoms with van der Waals surface area (Å²) in [6.45, 7) is 4.38. The van der Waals surface area contributed by atoms with Crippen molar-refractivity contribution >= 4 is 32.5 Å². The monoisotopic (exact) mass is 477 g/mol. The number of hydrazone groups is 1. The first-order valence-corrected chi connectivity index (χ1v) is 12.9. The van der Waals surface area contributed by atoms with Gasteiger partial charge in [-0.05, 0) is 30.2 Å². The van der Waals surface area contributed by atoms with Crippen LogP contribution in [-0.4, -0.2) is 78.5 Å². The van der Waals surface area contributed by atoms with Gasteiger partial charge in [0.15, 0.2) is 0 Å². The number of fused-ring (bicyclic) bond motifs is 1. The number of aromatic nitrogens is 1. The molecule has 0 atom stereocenters. The number of para-hydroxylation sites is 1. The van der Waals surface area contributed by atoms with E-state index in [9.17, 15) is 13.2 Å². The number of piperazine rings is 1. The number of amides is 1. The third-order valence-electron chi connectivity index (χ3n) is 6.32. The number of sulfonamides is 1. The Labute approximate surface area is 199 Å². The normalized spacial score (nSPS) is 17.8. The SMILES string of the molecule is Cc1cnc2c(S(=O)(=O)N3CCN(CC(=O)N4CCC(c5ccccc5)=N4)CC3)cccc2c1. The van der Waals surface area contributed by atoms with Crippen LogP contribution in [0.5, 0.6) is 0 Å². The summed E-state index contributed by atoms with van der Waals surface area (Å²) in [5.41, 5.74) is 3.43. The van der Waals surface area contributed by atoms with Crippen LogP contribution in [0.25, 0.3) is 10.9 Å². The molecule has 2 aliphatic heterocycles. The molecule has 3 heterocycles. The van der Waals surface area contributed by atoms with Crippen molar-refractivity contribution < 1.29 is 13.2 Å². The quantitative estimate of drug-likeness (QED) is 0.564. The summed E-state index contributed by atoms with van der Waals surface area (Å²) in [5, 5.41) is 6.86. The van der Waals surface area contributed by atoms with Gasteiger partial charge in [-0.1, -0.05) is 42.5 Å². The molecule has 0 radical (unpaired) electrons. The molecule has 0 N–H and O–H groups in total. The van der Waals surface area contributed by atoms with E-state index in [0.29, 0.717) is 38.2 Å². The molecule has 2 aliphatic rings. The molecule has 1 saturated heterocycles. The van der Waals surface area contributed by atoms with Crippen molar-refractivity contribution in [3.63, 3.8) is 0 Å². The van der Waals surface area contributed by atoms with E-state index in [1.165, 1.54) is 9.31 Å². The van der Waals surface area contributed by atoms with Gasteiger partial charge in [0, 0.05) is 44.2 Å². The van der Waals surface area contributed by atoms with Crippen molar-refractivity contribution in [1.82, 2.24) is 19.2 Å². The maximum atomic E-state index is 13.4. The molecule has 0 unspecified atom stereocenters. The van der Waals surface area contributed by atoms with E-state index in [1.54, 1.807) is 18.3 Å². The number of carbonyl (C=O) groups excluding carboxylic acids is 1. The first kappa shape index (κ1) is 22.6. The summed E-state index contributed by atoms with van der Waals surface area (Å²) < 4.78 is 28.2. The zero-order chi connectivity index (χ0) is 23.7. The van der Waals surface area contributed by atoms with Gasteiger partial charge in [-0.15, -0.1) is 0 Å². The van der Waals surface area contributed by atoms with Gasteiger partial charge in [0.2, 0.25) is 10.0 Å². The van der Waals surface area contributed by atoms with E-state index in [4.69, 9.17) is 0 Å². The summed E-state index contributed by atoms with van der Waals surface area (Å²) in [6, 6.07) is 17.1. The Bertz CT molecular complexity index is 1350. The molecule has 2 aromatic carbocycles. The molecule has 8 nitrogen and oxygen atoms in total. The van der Waals surface area contributed by atoms with Crippen LogP contribution < -0.4 is 0 Å². The average molecular weight is 478 g/mol. The van der Waals surface area contributed by atoms with Crippen molar-refractivity contribution in [1.29, 1.82) is 0 Å². The second kappa shape index (κ2) is 9.25. The number of carbonyl (C=O) groups is 1. The minimum Gasteiger partial charge on any atom is -0.292 e. The number of hydrogen-bond donors (Lipinski definition) is 0. The minimum absolute atomic E-state index is 0.0594. The number of aryl methyl sites for hydroxylation is 1. The topological polar surface area (TPSA) is 86.2 Å². The molecule has 0 spiro atoms. The van der Waals surface area contributed by atoms with Crippen molar-refractivity contribution in [3.05, 3.63) is 71.9 Å². The number of rotatable bonds is 5. The maximum Gasteiger partial charge on any atom is 0.256 e. The lowest BCUT2D eigenvalue weighted by molar-refractivity contribution is -0.132. The fourth-order valence-electron chi connectivity index (χ4n) is 4.46. The molecule has 1 aromatic heterocycles. The standard InChI is InChI=1S/C25H27N5O3S/c1-19-16-21-8-5-9-23(25(21)26-17-19)34(32,33)29-14-12-28(13-15-29)18-24(31)30-11-10-22(27-30)20-6-3-2-4-7-20/h2-9,16-17H,10-15,18H2,1H3. The van der Waals surface area contributed by atoms with Crippen LogP contribution in [-0.2, 0) is 14.8 Å². The highest BCUT2D eigenvalue weighted by molar-refractivity contribution is 7.89. The van der Waals surface area contributed by atoms with Crippen molar-refractivity contribution in [3.8, 4) is 0 Å². The third kappa shape index (κ3) is 4.46. The van der Waals surface area contributed by atoms with Gasteiger partial charge in [-0.3, -0.25) is 14.7 Å². The van der Waals surface area contributed by atoms with Crippen molar-refractivity contribution in [2.24, 2.45) is 5.10 Å².